The molecule has 0 aliphatic carbocycles. The van der Waals surface area contributed by atoms with Crippen molar-refractivity contribution in [2.75, 3.05) is 26.4 Å². The summed E-state index contributed by atoms with van der Waals surface area (Å²) < 4.78 is 12.5. The highest BCUT2D eigenvalue weighted by molar-refractivity contribution is 9.10. The fourth-order valence-electron chi connectivity index (χ4n) is 2.33. The molecule has 0 aromatic heterocycles. The lowest BCUT2D eigenvalue weighted by Gasteiger charge is -2.19. The molecular formula is C15H22BrNO2. The van der Waals surface area contributed by atoms with Gasteiger partial charge in [0.25, 0.3) is 0 Å². The van der Waals surface area contributed by atoms with E-state index in [2.05, 4.69) is 41.2 Å². The molecule has 1 aromatic rings. The summed E-state index contributed by atoms with van der Waals surface area (Å²) >= 11 is 3.53. The first-order chi connectivity index (χ1) is 9.20. The lowest BCUT2D eigenvalue weighted by atomic mass is 10.1. The fourth-order valence-corrected chi connectivity index (χ4v) is 2.71. The van der Waals surface area contributed by atoms with Gasteiger partial charge in [0, 0.05) is 28.6 Å². The van der Waals surface area contributed by atoms with E-state index in [4.69, 9.17) is 9.47 Å². The minimum absolute atomic E-state index is 0.289. The summed E-state index contributed by atoms with van der Waals surface area (Å²) in [5.74, 6) is 1.51. The van der Waals surface area contributed by atoms with Crippen LogP contribution in [0.1, 0.15) is 31.9 Å². The lowest BCUT2D eigenvalue weighted by Crippen LogP contribution is -2.19. The van der Waals surface area contributed by atoms with E-state index in [1.165, 1.54) is 5.56 Å². The normalized spacial score (nSPS) is 20.5. The minimum atomic E-state index is 0.289. The number of rotatable bonds is 6. The predicted octanol–water partition coefficient (Wildman–Crippen LogP) is 3.53. The van der Waals surface area contributed by atoms with Crippen molar-refractivity contribution in [1.29, 1.82) is 0 Å². The van der Waals surface area contributed by atoms with Crippen LogP contribution in [-0.4, -0.2) is 26.4 Å². The first-order valence-corrected chi connectivity index (χ1v) is 7.73. The van der Waals surface area contributed by atoms with E-state index in [9.17, 15) is 0 Å². The zero-order valence-corrected chi connectivity index (χ0v) is 13.2. The monoisotopic (exact) mass is 327 g/mol. The summed E-state index contributed by atoms with van der Waals surface area (Å²) in [5.41, 5.74) is 1.20. The van der Waals surface area contributed by atoms with Gasteiger partial charge in [0.05, 0.1) is 13.2 Å². The van der Waals surface area contributed by atoms with Crippen molar-refractivity contribution in [3.8, 4) is 5.75 Å². The summed E-state index contributed by atoms with van der Waals surface area (Å²) in [6.45, 7) is 7.67. The Morgan fingerprint density at radius 3 is 3.05 bits per heavy atom. The number of nitrogens with one attached hydrogen (secondary N) is 1. The molecule has 3 nitrogen and oxygen atoms in total. The van der Waals surface area contributed by atoms with Gasteiger partial charge in [-0.3, -0.25) is 0 Å². The van der Waals surface area contributed by atoms with Crippen LogP contribution in [0.25, 0.3) is 0 Å². The molecule has 106 valence electrons. The highest BCUT2D eigenvalue weighted by Crippen LogP contribution is 2.29. The molecule has 1 N–H and O–H groups in total. The van der Waals surface area contributed by atoms with Gasteiger partial charge < -0.3 is 14.8 Å². The van der Waals surface area contributed by atoms with E-state index in [1.807, 2.05) is 12.1 Å². The second kappa shape index (κ2) is 7.27. The zero-order valence-electron chi connectivity index (χ0n) is 11.6. The van der Waals surface area contributed by atoms with Crippen LogP contribution in [-0.2, 0) is 4.74 Å². The van der Waals surface area contributed by atoms with Gasteiger partial charge in [0.1, 0.15) is 5.75 Å². The van der Waals surface area contributed by atoms with Crippen LogP contribution in [0.3, 0.4) is 0 Å². The maximum atomic E-state index is 6.00. The van der Waals surface area contributed by atoms with Crippen molar-refractivity contribution >= 4 is 15.9 Å². The molecule has 0 spiro atoms. The largest absolute Gasteiger partial charge is 0.493 e. The van der Waals surface area contributed by atoms with E-state index in [0.29, 0.717) is 5.92 Å². The Morgan fingerprint density at radius 2 is 2.37 bits per heavy atom. The third-order valence-electron chi connectivity index (χ3n) is 3.45. The third-order valence-corrected chi connectivity index (χ3v) is 3.94. The van der Waals surface area contributed by atoms with E-state index in [-0.39, 0.29) is 6.04 Å². The number of benzene rings is 1. The Morgan fingerprint density at radius 1 is 1.53 bits per heavy atom. The van der Waals surface area contributed by atoms with Crippen molar-refractivity contribution in [2.45, 2.75) is 26.3 Å². The molecule has 1 aliphatic rings. The van der Waals surface area contributed by atoms with E-state index in [1.54, 1.807) is 0 Å². The second-order valence-corrected chi connectivity index (χ2v) is 5.92. The second-order valence-electron chi connectivity index (χ2n) is 5.00. The van der Waals surface area contributed by atoms with Crippen LogP contribution < -0.4 is 10.1 Å². The maximum Gasteiger partial charge on any atom is 0.124 e. The smallest absolute Gasteiger partial charge is 0.124 e. The summed E-state index contributed by atoms with van der Waals surface area (Å²) in [6.07, 6.45) is 1.11. The van der Waals surface area contributed by atoms with Crippen LogP contribution in [0.4, 0.5) is 0 Å². The van der Waals surface area contributed by atoms with Gasteiger partial charge >= 0.3 is 0 Å². The molecule has 0 radical (unpaired) electrons. The summed E-state index contributed by atoms with van der Waals surface area (Å²) in [7, 11) is 0. The average molecular weight is 328 g/mol. The van der Waals surface area contributed by atoms with Crippen molar-refractivity contribution in [1.82, 2.24) is 5.32 Å². The predicted molar refractivity (Wildman–Crippen MR) is 80.7 cm³/mol. The van der Waals surface area contributed by atoms with Crippen LogP contribution >= 0.6 is 15.9 Å². The van der Waals surface area contributed by atoms with Crippen LogP contribution in [0, 0.1) is 5.92 Å². The lowest BCUT2D eigenvalue weighted by molar-refractivity contribution is 0.166. The van der Waals surface area contributed by atoms with Gasteiger partial charge in [-0.2, -0.15) is 0 Å². The molecule has 0 amide bonds. The van der Waals surface area contributed by atoms with Crippen molar-refractivity contribution in [2.24, 2.45) is 5.92 Å². The van der Waals surface area contributed by atoms with Gasteiger partial charge in [0.15, 0.2) is 0 Å². The van der Waals surface area contributed by atoms with Gasteiger partial charge in [-0.1, -0.05) is 22.9 Å². The third kappa shape index (κ3) is 4.20. The van der Waals surface area contributed by atoms with Crippen molar-refractivity contribution in [3.05, 3.63) is 28.2 Å². The minimum Gasteiger partial charge on any atom is -0.493 e. The molecule has 4 heteroatoms. The topological polar surface area (TPSA) is 30.5 Å². The van der Waals surface area contributed by atoms with Crippen molar-refractivity contribution < 1.29 is 9.47 Å². The molecule has 1 heterocycles. The SMILES string of the molecule is CCNC(C)c1cc(Br)ccc1OCC1CCOC1. The standard InChI is InChI=1S/C15H22BrNO2/c1-3-17-11(2)14-8-13(16)4-5-15(14)19-10-12-6-7-18-9-12/h4-5,8,11-12,17H,3,6-7,9-10H2,1-2H3. The van der Waals surface area contributed by atoms with Crippen LogP contribution in [0.5, 0.6) is 5.75 Å². The Kier molecular flexibility index (Phi) is 5.67. The summed E-state index contributed by atoms with van der Waals surface area (Å²) in [5, 5.41) is 3.43. The number of ether oxygens (including phenoxy) is 2. The molecule has 2 unspecified atom stereocenters. The molecule has 1 fully saturated rings. The number of halogens is 1. The van der Waals surface area contributed by atoms with Gasteiger partial charge in [-0.15, -0.1) is 0 Å². The van der Waals surface area contributed by atoms with Crippen LogP contribution in [0.2, 0.25) is 0 Å². The Bertz CT molecular complexity index is 405. The molecular weight excluding hydrogens is 306 g/mol. The fraction of sp³-hybridized carbons (Fsp3) is 0.600. The maximum absolute atomic E-state index is 6.00. The first-order valence-electron chi connectivity index (χ1n) is 6.94. The van der Waals surface area contributed by atoms with Gasteiger partial charge in [-0.05, 0) is 38.1 Å². The van der Waals surface area contributed by atoms with E-state index in [0.717, 1.165) is 43.0 Å². The Hall–Kier alpha value is -0.580. The molecule has 1 saturated heterocycles. The molecule has 1 aromatic carbocycles. The highest BCUT2D eigenvalue weighted by Gasteiger charge is 2.18. The van der Waals surface area contributed by atoms with Crippen LogP contribution in [0.15, 0.2) is 22.7 Å². The van der Waals surface area contributed by atoms with E-state index < -0.39 is 0 Å². The van der Waals surface area contributed by atoms with Crippen molar-refractivity contribution in [3.63, 3.8) is 0 Å². The average Bonchev–Trinajstić information content (AvgIpc) is 2.90. The number of hydrogen-bond acceptors (Lipinski definition) is 3. The summed E-state index contributed by atoms with van der Waals surface area (Å²) in [4.78, 5) is 0. The van der Waals surface area contributed by atoms with Gasteiger partial charge in [-0.25, -0.2) is 0 Å². The zero-order chi connectivity index (χ0) is 13.7. The van der Waals surface area contributed by atoms with Gasteiger partial charge in [0.2, 0.25) is 0 Å². The number of hydrogen-bond donors (Lipinski definition) is 1. The van der Waals surface area contributed by atoms with E-state index >= 15 is 0 Å². The first kappa shape index (κ1) is 14.8. The highest BCUT2D eigenvalue weighted by atomic mass is 79.9. The molecule has 2 rings (SSSR count). The molecule has 1 aliphatic heterocycles. The quantitative estimate of drug-likeness (QED) is 0.866. The molecule has 19 heavy (non-hydrogen) atoms. The Balaban J connectivity index is 2.04. The molecule has 0 saturated carbocycles. The molecule has 0 bridgehead atoms. The summed E-state index contributed by atoms with van der Waals surface area (Å²) in [6, 6.07) is 6.50. The molecule has 2 atom stereocenters. The Labute approximate surface area is 123 Å².